The Bertz CT molecular complexity index is 464. The largest absolute Gasteiger partial charge is 0.307 e. The third-order valence-corrected chi connectivity index (χ3v) is 4.54. The van der Waals surface area contributed by atoms with E-state index in [1.54, 1.807) is 0 Å². The lowest BCUT2D eigenvalue weighted by molar-refractivity contribution is -0.122. The molecule has 3 heteroatoms. The first-order valence-electron chi connectivity index (χ1n) is 7.88. The standard InChI is InChI=1S/C17H24N2O/c20-17(16-8-2-1-5-10-18-16)13-19-11-9-14-6-3-4-7-15(14)12-19/h3-4,6-7,16,18H,1-2,5,8-13H2. The highest BCUT2D eigenvalue weighted by atomic mass is 16.1. The molecule has 0 bridgehead atoms. The van der Waals surface area contributed by atoms with E-state index in [0.717, 1.165) is 32.5 Å². The molecule has 1 N–H and O–H groups in total. The molecule has 108 valence electrons. The van der Waals surface area contributed by atoms with Gasteiger partial charge in [-0.15, -0.1) is 0 Å². The minimum atomic E-state index is 0.0923. The molecular formula is C17H24N2O. The number of nitrogens with zero attached hydrogens (tertiary/aromatic N) is 1. The van der Waals surface area contributed by atoms with E-state index in [1.165, 1.54) is 30.4 Å². The van der Waals surface area contributed by atoms with Gasteiger partial charge in [0, 0.05) is 13.1 Å². The smallest absolute Gasteiger partial charge is 0.163 e. The van der Waals surface area contributed by atoms with Crippen LogP contribution in [0.2, 0.25) is 0 Å². The highest BCUT2D eigenvalue weighted by Gasteiger charge is 2.23. The van der Waals surface area contributed by atoms with Gasteiger partial charge in [-0.3, -0.25) is 9.69 Å². The number of hydrogen-bond donors (Lipinski definition) is 1. The second-order valence-corrected chi connectivity index (χ2v) is 6.05. The van der Waals surface area contributed by atoms with Gasteiger partial charge in [-0.1, -0.05) is 37.1 Å². The average Bonchev–Trinajstić information content (AvgIpc) is 2.76. The average molecular weight is 272 g/mol. The van der Waals surface area contributed by atoms with Gasteiger partial charge in [0.05, 0.1) is 12.6 Å². The molecule has 0 radical (unpaired) electrons. The molecule has 0 saturated carbocycles. The number of ketones is 1. The van der Waals surface area contributed by atoms with Crippen molar-refractivity contribution in [1.29, 1.82) is 0 Å². The highest BCUT2D eigenvalue weighted by Crippen LogP contribution is 2.18. The molecular weight excluding hydrogens is 248 g/mol. The van der Waals surface area contributed by atoms with Crippen molar-refractivity contribution in [1.82, 2.24) is 10.2 Å². The zero-order valence-electron chi connectivity index (χ0n) is 12.1. The number of carbonyl (C=O) groups excluding carboxylic acids is 1. The first kappa shape index (κ1) is 13.8. The summed E-state index contributed by atoms with van der Waals surface area (Å²) in [5, 5.41) is 3.41. The van der Waals surface area contributed by atoms with Gasteiger partial charge in [0.1, 0.15) is 0 Å². The van der Waals surface area contributed by atoms with Crippen molar-refractivity contribution in [3.05, 3.63) is 35.4 Å². The molecule has 3 rings (SSSR count). The quantitative estimate of drug-likeness (QED) is 0.915. The Morgan fingerprint density at radius 3 is 2.95 bits per heavy atom. The number of nitrogens with one attached hydrogen (secondary N) is 1. The van der Waals surface area contributed by atoms with Crippen LogP contribution in [0.15, 0.2) is 24.3 Å². The van der Waals surface area contributed by atoms with Crippen LogP contribution in [-0.2, 0) is 17.8 Å². The third-order valence-electron chi connectivity index (χ3n) is 4.54. The van der Waals surface area contributed by atoms with Crippen molar-refractivity contribution in [2.75, 3.05) is 19.6 Å². The predicted octanol–water partition coefficient (Wildman–Crippen LogP) is 2.15. The van der Waals surface area contributed by atoms with Crippen molar-refractivity contribution in [2.24, 2.45) is 0 Å². The second kappa shape index (κ2) is 6.51. The molecule has 1 fully saturated rings. The van der Waals surface area contributed by atoms with Gasteiger partial charge in [0.2, 0.25) is 0 Å². The van der Waals surface area contributed by atoms with Gasteiger partial charge in [0.15, 0.2) is 5.78 Å². The van der Waals surface area contributed by atoms with Gasteiger partial charge >= 0.3 is 0 Å². The molecule has 3 nitrogen and oxygen atoms in total. The Hall–Kier alpha value is -1.19. The van der Waals surface area contributed by atoms with Crippen LogP contribution in [-0.4, -0.2) is 36.4 Å². The van der Waals surface area contributed by atoms with Crippen molar-refractivity contribution < 1.29 is 4.79 Å². The summed E-state index contributed by atoms with van der Waals surface area (Å²) in [6.07, 6.45) is 5.74. The topological polar surface area (TPSA) is 32.3 Å². The molecule has 20 heavy (non-hydrogen) atoms. The molecule has 1 unspecified atom stereocenters. The van der Waals surface area contributed by atoms with E-state index in [2.05, 4.69) is 34.5 Å². The van der Waals surface area contributed by atoms with E-state index >= 15 is 0 Å². The molecule has 0 amide bonds. The predicted molar refractivity (Wildman–Crippen MR) is 80.7 cm³/mol. The molecule has 2 aliphatic heterocycles. The van der Waals surface area contributed by atoms with Crippen LogP contribution in [0.1, 0.15) is 36.8 Å². The van der Waals surface area contributed by atoms with Crippen molar-refractivity contribution in [3.63, 3.8) is 0 Å². The summed E-state index contributed by atoms with van der Waals surface area (Å²) >= 11 is 0. The number of fused-ring (bicyclic) bond motifs is 1. The van der Waals surface area contributed by atoms with E-state index in [9.17, 15) is 4.79 Å². The Labute approximate surface area is 121 Å². The second-order valence-electron chi connectivity index (χ2n) is 6.05. The van der Waals surface area contributed by atoms with Crippen LogP contribution < -0.4 is 5.32 Å². The van der Waals surface area contributed by atoms with Crippen LogP contribution in [0.5, 0.6) is 0 Å². The van der Waals surface area contributed by atoms with Crippen molar-refractivity contribution >= 4 is 5.78 Å². The number of Topliss-reactive ketones (excluding diaryl/α,β-unsaturated/α-hetero) is 1. The molecule has 2 aliphatic rings. The molecule has 0 aromatic heterocycles. The molecule has 1 saturated heterocycles. The maximum Gasteiger partial charge on any atom is 0.163 e. The van der Waals surface area contributed by atoms with Crippen LogP contribution in [0.3, 0.4) is 0 Å². The number of rotatable bonds is 3. The molecule has 0 aliphatic carbocycles. The molecule has 0 spiro atoms. The Morgan fingerprint density at radius 1 is 1.20 bits per heavy atom. The molecule has 1 atom stereocenters. The lowest BCUT2D eigenvalue weighted by atomic mass is 9.99. The van der Waals surface area contributed by atoms with Crippen LogP contribution in [0.25, 0.3) is 0 Å². The van der Waals surface area contributed by atoms with E-state index < -0.39 is 0 Å². The fourth-order valence-electron chi connectivity index (χ4n) is 3.32. The summed E-state index contributed by atoms with van der Waals surface area (Å²) in [5.74, 6) is 0.381. The fourth-order valence-corrected chi connectivity index (χ4v) is 3.32. The van der Waals surface area contributed by atoms with E-state index in [0.29, 0.717) is 12.3 Å². The molecule has 1 aromatic carbocycles. The fraction of sp³-hybridized carbons (Fsp3) is 0.588. The van der Waals surface area contributed by atoms with Crippen LogP contribution in [0, 0.1) is 0 Å². The minimum Gasteiger partial charge on any atom is -0.307 e. The molecule has 1 aromatic rings. The van der Waals surface area contributed by atoms with Crippen LogP contribution >= 0.6 is 0 Å². The maximum atomic E-state index is 12.4. The van der Waals surface area contributed by atoms with Crippen molar-refractivity contribution in [3.8, 4) is 0 Å². The minimum absolute atomic E-state index is 0.0923. The van der Waals surface area contributed by atoms with E-state index in [-0.39, 0.29) is 6.04 Å². The summed E-state index contributed by atoms with van der Waals surface area (Å²) in [4.78, 5) is 14.7. The first-order valence-corrected chi connectivity index (χ1v) is 7.88. The van der Waals surface area contributed by atoms with Gasteiger partial charge in [-0.2, -0.15) is 0 Å². The Kier molecular flexibility index (Phi) is 4.48. The number of carbonyl (C=O) groups is 1. The van der Waals surface area contributed by atoms with Crippen LogP contribution in [0.4, 0.5) is 0 Å². The highest BCUT2D eigenvalue weighted by molar-refractivity contribution is 5.85. The summed E-state index contributed by atoms with van der Waals surface area (Å²) in [6.45, 7) is 3.54. The monoisotopic (exact) mass is 272 g/mol. The zero-order valence-corrected chi connectivity index (χ0v) is 12.1. The summed E-state index contributed by atoms with van der Waals surface area (Å²) in [6, 6.07) is 8.69. The Morgan fingerprint density at radius 2 is 2.05 bits per heavy atom. The summed E-state index contributed by atoms with van der Waals surface area (Å²) in [5.41, 5.74) is 2.84. The maximum absolute atomic E-state index is 12.4. The number of hydrogen-bond acceptors (Lipinski definition) is 3. The van der Waals surface area contributed by atoms with E-state index in [4.69, 9.17) is 0 Å². The summed E-state index contributed by atoms with van der Waals surface area (Å²) < 4.78 is 0. The zero-order chi connectivity index (χ0) is 13.8. The Balaban J connectivity index is 1.57. The SMILES string of the molecule is O=C(CN1CCc2ccccc2C1)C1CCCCCN1. The first-order chi connectivity index (χ1) is 9.83. The lowest BCUT2D eigenvalue weighted by Gasteiger charge is -2.29. The van der Waals surface area contributed by atoms with Gasteiger partial charge in [-0.05, 0) is 36.9 Å². The van der Waals surface area contributed by atoms with Gasteiger partial charge in [0.25, 0.3) is 0 Å². The van der Waals surface area contributed by atoms with Gasteiger partial charge < -0.3 is 5.32 Å². The normalized spacial score (nSPS) is 23.9. The molecule has 2 heterocycles. The summed E-state index contributed by atoms with van der Waals surface area (Å²) in [7, 11) is 0. The third kappa shape index (κ3) is 3.28. The number of benzene rings is 1. The van der Waals surface area contributed by atoms with Crippen molar-refractivity contribution in [2.45, 2.75) is 44.7 Å². The lowest BCUT2D eigenvalue weighted by Crippen LogP contribution is -2.44. The van der Waals surface area contributed by atoms with Gasteiger partial charge in [-0.25, -0.2) is 0 Å². The van der Waals surface area contributed by atoms with E-state index in [1.807, 2.05) is 0 Å².